The summed E-state index contributed by atoms with van der Waals surface area (Å²) in [5.41, 5.74) is 10.8. The summed E-state index contributed by atoms with van der Waals surface area (Å²) in [5, 5.41) is 10.1. The number of fused-ring (bicyclic) bond motifs is 4. The zero-order valence-electron chi connectivity index (χ0n) is 26.1. The maximum atomic E-state index is 4.73. The predicted octanol–water partition coefficient (Wildman–Crippen LogP) is 12.7. The third-order valence-corrected chi connectivity index (χ3v) is 9.65. The van der Waals surface area contributed by atoms with Gasteiger partial charge < -0.3 is 0 Å². The van der Waals surface area contributed by atoms with Gasteiger partial charge in [-0.25, -0.2) is 0 Å². The summed E-state index contributed by atoms with van der Waals surface area (Å²) < 4.78 is 0. The Morgan fingerprint density at radius 1 is 0.362 bits per heavy atom. The lowest BCUT2D eigenvalue weighted by Gasteiger charge is -2.19. The van der Waals surface area contributed by atoms with Crippen molar-refractivity contribution in [1.29, 1.82) is 0 Å². The molecule has 1 heterocycles. The van der Waals surface area contributed by atoms with Gasteiger partial charge in [0.1, 0.15) is 0 Å². The van der Waals surface area contributed by atoms with Gasteiger partial charge in [-0.2, -0.15) is 0 Å². The average molecular weight is 598 g/mol. The van der Waals surface area contributed by atoms with E-state index in [1.54, 1.807) is 0 Å². The van der Waals surface area contributed by atoms with Crippen molar-refractivity contribution >= 4 is 43.1 Å². The molecule has 0 spiro atoms. The van der Waals surface area contributed by atoms with Crippen molar-refractivity contribution in [2.75, 3.05) is 0 Å². The first-order valence-corrected chi connectivity index (χ1v) is 16.2. The van der Waals surface area contributed by atoms with Gasteiger partial charge in [0.05, 0.1) is 5.69 Å². The van der Waals surface area contributed by atoms with Crippen LogP contribution in [0.2, 0.25) is 0 Å². The summed E-state index contributed by atoms with van der Waals surface area (Å²) in [5.74, 6) is 0. The molecule has 47 heavy (non-hydrogen) atoms. The molecule has 1 heteroatoms. The van der Waals surface area contributed by atoms with E-state index in [2.05, 4.69) is 171 Å². The smallest absolute Gasteiger partial charge is 0.0708 e. The van der Waals surface area contributed by atoms with E-state index in [0.29, 0.717) is 0 Å². The minimum atomic E-state index is 0.980. The normalized spacial score (nSPS) is 11.5. The van der Waals surface area contributed by atoms with Gasteiger partial charge in [-0.3, -0.25) is 4.98 Å². The van der Waals surface area contributed by atoms with Crippen LogP contribution in [0, 0.1) is 6.92 Å². The topological polar surface area (TPSA) is 12.9 Å². The fourth-order valence-electron chi connectivity index (χ4n) is 7.36. The minimum absolute atomic E-state index is 0.980. The quantitative estimate of drug-likeness (QED) is 0.184. The first kappa shape index (κ1) is 27.3. The predicted molar refractivity (Wildman–Crippen MR) is 201 cm³/mol. The maximum absolute atomic E-state index is 4.73. The van der Waals surface area contributed by atoms with Crippen LogP contribution in [0.3, 0.4) is 0 Å². The lowest BCUT2D eigenvalue weighted by molar-refractivity contribution is 1.33. The highest BCUT2D eigenvalue weighted by Gasteiger charge is 2.18. The number of rotatable bonds is 4. The van der Waals surface area contributed by atoms with Crippen molar-refractivity contribution in [1.82, 2.24) is 4.98 Å². The Morgan fingerprint density at radius 3 is 1.68 bits per heavy atom. The fourth-order valence-corrected chi connectivity index (χ4v) is 7.36. The summed E-state index contributed by atoms with van der Waals surface area (Å²) >= 11 is 0. The zero-order valence-corrected chi connectivity index (χ0v) is 26.1. The van der Waals surface area contributed by atoms with E-state index < -0.39 is 0 Å². The molecular weight excluding hydrogens is 567 g/mol. The summed E-state index contributed by atoms with van der Waals surface area (Å²) in [6.07, 6.45) is 1.92. The summed E-state index contributed by atoms with van der Waals surface area (Å²) in [4.78, 5) is 4.73. The van der Waals surface area contributed by atoms with Gasteiger partial charge in [0.2, 0.25) is 0 Å². The first-order chi connectivity index (χ1) is 23.2. The highest BCUT2D eigenvalue weighted by molar-refractivity contribution is 6.23. The Morgan fingerprint density at radius 2 is 0.936 bits per heavy atom. The van der Waals surface area contributed by atoms with Gasteiger partial charge in [0.25, 0.3) is 0 Å². The molecule has 0 amide bonds. The molecule has 0 N–H and O–H groups in total. The fraction of sp³-hybridized carbons (Fsp3) is 0.0217. The molecule has 0 unspecified atom stereocenters. The second-order valence-corrected chi connectivity index (χ2v) is 12.4. The van der Waals surface area contributed by atoms with Crippen LogP contribution in [0.15, 0.2) is 170 Å². The van der Waals surface area contributed by atoms with Gasteiger partial charge in [0, 0.05) is 11.8 Å². The number of benzene rings is 8. The molecule has 1 aromatic heterocycles. The molecule has 0 fully saturated rings. The average Bonchev–Trinajstić information content (AvgIpc) is 3.14. The third-order valence-electron chi connectivity index (χ3n) is 9.65. The number of hydrogen-bond donors (Lipinski definition) is 0. The van der Waals surface area contributed by atoms with Crippen LogP contribution in [-0.2, 0) is 0 Å². The molecule has 9 rings (SSSR count). The highest BCUT2D eigenvalue weighted by Crippen LogP contribution is 2.45. The van der Waals surface area contributed by atoms with E-state index in [-0.39, 0.29) is 0 Å². The Bertz CT molecular complexity index is 2570. The van der Waals surface area contributed by atoms with E-state index in [1.807, 2.05) is 6.20 Å². The van der Waals surface area contributed by atoms with Gasteiger partial charge in [0.15, 0.2) is 0 Å². The number of nitrogens with zero attached hydrogens (tertiary/aromatic N) is 1. The van der Waals surface area contributed by atoms with Crippen LogP contribution >= 0.6 is 0 Å². The molecule has 0 aliphatic rings. The molecule has 9 aromatic rings. The van der Waals surface area contributed by atoms with Gasteiger partial charge in [-0.05, 0) is 107 Å². The summed E-state index contributed by atoms with van der Waals surface area (Å²) in [6.45, 7) is 2.20. The molecule has 0 aliphatic carbocycles. The number of hydrogen-bond acceptors (Lipinski definition) is 1. The summed E-state index contributed by atoms with van der Waals surface area (Å²) in [6, 6.07) is 59.5. The van der Waals surface area contributed by atoms with Crippen molar-refractivity contribution in [2.45, 2.75) is 6.92 Å². The van der Waals surface area contributed by atoms with Crippen LogP contribution in [-0.4, -0.2) is 4.98 Å². The largest absolute Gasteiger partial charge is 0.256 e. The van der Waals surface area contributed by atoms with Crippen LogP contribution in [0.25, 0.3) is 87.7 Å². The number of aryl methyl sites for hydroxylation is 1. The van der Waals surface area contributed by atoms with Gasteiger partial charge in [-0.15, -0.1) is 0 Å². The molecule has 0 atom stereocenters. The number of aromatic nitrogens is 1. The Labute approximate surface area is 274 Å². The molecule has 0 aliphatic heterocycles. The lowest BCUT2D eigenvalue weighted by Crippen LogP contribution is -1.92. The number of pyridine rings is 1. The second-order valence-electron chi connectivity index (χ2n) is 12.4. The van der Waals surface area contributed by atoms with E-state index in [4.69, 9.17) is 4.98 Å². The van der Waals surface area contributed by atoms with Crippen molar-refractivity contribution in [3.8, 4) is 44.6 Å². The van der Waals surface area contributed by atoms with Crippen molar-refractivity contribution in [3.63, 3.8) is 0 Å². The van der Waals surface area contributed by atoms with Crippen LogP contribution in [0.1, 0.15) is 5.56 Å². The Kier molecular flexibility index (Phi) is 6.43. The first-order valence-electron chi connectivity index (χ1n) is 16.2. The second kappa shape index (κ2) is 11.1. The van der Waals surface area contributed by atoms with E-state index in [0.717, 1.165) is 16.8 Å². The van der Waals surface area contributed by atoms with Crippen LogP contribution in [0.4, 0.5) is 0 Å². The van der Waals surface area contributed by atoms with Gasteiger partial charge in [-0.1, -0.05) is 146 Å². The van der Waals surface area contributed by atoms with Crippen molar-refractivity contribution in [3.05, 3.63) is 176 Å². The van der Waals surface area contributed by atoms with E-state index in [1.165, 1.54) is 76.5 Å². The lowest BCUT2D eigenvalue weighted by atomic mass is 9.84. The van der Waals surface area contributed by atoms with E-state index in [9.17, 15) is 0 Å². The molecule has 8 aromatic carbocycles. The molecular formula is C46H31N. The Hall–Kier alpha value is -6.05. The summed E-state index contributed by atoms with van der Waals surface area (Å²) in [7, 11) is 0. The van der Waals surface area contributed by atoms with Gasteiger partial charge >= 0.3 is 0 Å². The van der Waals surface area contributed by atoms with Crippen LogP contribution < -0.4 is 0 Å². The van der Waals surface area contributed by atoms with Crippen molar-refractivity contribution < 1.29 is 0 Å². The SMILES string of the molecule is Cc1cccc2c(-c3c4ccccc4c(-c4ccc(-c5ccnc(-c6ccc7ccccc7c6)c5)cc4)c4ccccc34)cccc12. The molecule has 220 valence electrons. The minimum Gasteiger partial charge on any atom is -0.256 e. The standard InChI is InChI=1S/C46H31N/c1-30-10-8-18-38-37(30)17-9-19-39(38)46-42-15-6-4-13-40(42)45(41-14-5-7-16-43(41)46)33-23-20-32(21-24-33)35-26-27-47-44(29-35)36-25-22-31-11-2-3-12-34(31)28-36/h2-29H,1H3. The highest BCUT2D eigenvalue weighted by atomic mass is 14.7. The Balaban J connectivity index is 1.18. The molecule has 0 bridgehead atoms. The maximum Gasteiger partial charge on any atom is 0.0708 e. The van der Waals surface area contributed by atoms with Crippen LogP contribution in [0.5, 0.6) is 0 Å². The molecule has 0 saturated heterocycles. The van der Waals surface area contributed by atoms with Crippen molar-refractivity contribution in [2.24, 2.45) is 0 Å². The monoisotopic (exact) mass is 597 g/mol. The molecule has 0 saturated carbocycles. The molecule has 1 nitrogen and oxygen atoms in total. The third kappa shape index (κ3) is 4.59. The van der Waals surface area contributed by atoms with E-state index >= 15 is 0 Å². The zero-order chi connectivity index (χ0) is 31.3. The molecule has 0 radical (unpaired) electrons.